The molecule has 14 heavy (non-hydrogen) atoms. The van der Waals surface area contributed by atoms with Crippen molar-refractivity contribution in [2.24, 2.45) is 11.8 Å². The Morgan fingerprint density at radius 2 is 1.79 bits per heavy atom. The Bertz CT molecular complexity index is 171. The number of aliphatic hydroxyl groups is 2. The van der Waals surface area contributed by atoms with Gasteiger partial charge >= 0.3 is 0 Å². The highest BCUT2D eigenvalue weighted by Gasteiger charge is 2.41. The molecule has 0 unspecified atom stereocenters. The second-order valence-corrected chi connectivity index (χ2v) is 4.51. The van der Waals surface area contributed by atoms with Gasteiger partial charge in [0.15, 0.2) is 0 Å². The van der Waals surface area contributed by atoms with Gasteiger partial charge in [-0.3, -0.25) is 0 Å². The molecule has 84 valence electrons. The van der Waals surface area contributed by atoms with E-state index in [4.69, 9.17) is 4.89 Å². The zero-order valence-corrected chi connectivity index (χ0v) is 9.06. The minimum Gasteiger partial charge on any atom is -0.393 e. The summed E-state index contributed by atoms with van der Waals surface area (Å²) in [7, 11) is 1.42. The molecule has 1 aliphatic carbocycles. The fourth-order valence-electron chi connectivity index (χ4n) is 2.37. The minimum atomic E-state index is -0.853. The van der Waals surface area contributed by atoms with Crippen LogP contribution in [0.5, 0.6) is 0 Å². The van der Waals surface area contributed by atoms with E-state index < -0.39 is 5.60 Å². The van der Waals surface area contributed by atoms with Gasteiger partial charge in [0.05, 0.1) is 18.8 Å². The Morgan fingerprint density at radius 1 is 1.29 bits per heavy atom. The van der Waals surface area contributed by atoms with Crippen molar-refractivity contribution in [3.63, 3.8) is 0 Å². The van der Waals surface area contributed by atoms with Crippen molar-refractivity contribution in [1.82, 2.24) is 0 Å². The molecule has 4 nitrogen and oxygen atoms in total. The van der Waals surface area contributed by atoms with Crippen LogP contribution < -0.4 is 0 Å². The van der Waals surface area contributed by atoms with Crippen molar-refractivity contribution in [2.45, 2.75) is 38.4 Å². The first kappa shape index (κ1) is 11.9. The molecule has 0 aromatic heterocycles. The third-order valence-corrected chi connectivity index (χ3v) is 3.02. The van der Waals surface area contributed by atoms with E-state index in [0.717, 1.165) is 0 Å². The first-order valence-electron chi connectivity index (χ1n) is 5.04. The van der Waals surface area contributed by atoms with E-state index in [1.807, 2.05) is 13.8 Å². The van der Waals surface area contributed by atoms with Crippen molar-refractivity contribution >= 4 is 0 Å². The van der Waals surface area contributed by atoms with Crippen LogP contribution >= 0.6 is 0 Å². The van der Waals surface area contributed by atoms with Crippen LogP contribution in [0.1, 0.15) is 26.7 Å². The summed E-state index contributed by atoms with van der Waals surface area (Å²) in [6.45, 7) is 4.06. The first-order valence-corrected chi connectivity index (χ1v) is 5.04. The molecule has 1 aliphatic rings. The van der Waals surface area contributed by atoms with Crippen molar-refractivity contribution < 1.29 is 20.0 Å². The molecule has 1 fully saturated rings. The SMILES string of the molecule is COOCC1(O)C[C@@H](C)C(O)[C@H](C)C1. The maximum absolute atomic E-state index is 10.1. The normalized spacial score (nSPS) is 43.9. The maximum Gasteiger partial charge on any atom is 0.111 e. The van der Waals surface area contributed by atoms with E-state index in [-0.39, 0.29) is 24.5 Å². The van der Waals surface area contributed by atoms with Crippen LogP contribution in [-0.2, 0) is 9.78 Å². The highest BCUT2D eigenvalue weighted by molar-refractivity contribution is 4.91. The molecule has 0 aromatic rings. The quantitative estimate of drug-likeness (QED) is 0.525. The molecule has 1 saturated carbocycles. The largest absolute Gasteiger partial charge is 0.393 e. The van der Waals surface area contributed by atoms with Gasteiger partial charge in [0, 0.05) is 0 Å². The summed E-state index contributed by atoms with van der Waals surface area (Å²) in [6.07, 6.45) is 0.793. The molecule has 0 saturated heterocycles. The highest BCUT2D eigenvalue weighted by atomic mass is 17.2. The summed E-state index contributed by atoms with van der Waals surface area (Å²) in [5, 5.41) is 19.9. The zero-order chi connectivity index (χ0) is 10.8. The summed E-state index contributed by atoms with van der Waals surface area (Å²) in [4.78, 5) is 9.26. The Hall–Kier alpha value is -0.160. The summed E-state index contributed by atoms with van der Waals surface area (Å²) in [5.74, 6) is 0.202. The predicted octanol–water partition coefficient (Wildman–Crippen LogP) is 0.722. The fraction of sp³-hybridized carbons (Fsp3) is 1.00. The lowest BCUT2D eigenvalue weighted by Gasteiger charge is -2.41. The standard InChI is InChI=1S/C10H20O4/c1-7-4-10(12,6-14-13-3)5-8(2)9(7)11/h7-9,11-12H,4-6H2,1-3H3/t7-,8-,9?,10?/m1/s1. The number of hydrogen-bond acceptors (Lipinski definition) is 4. The van der Waals surface area contributed by atoms with Crippen LogP contribution in [-0.4, -0.2) is 35.6 Å². The van der Waals surface area contributed by atoms with E-state index in [1.54, 1.807) is 0 Å². The van der Waals surface area contributed by atoms with Crippen LogP contribution in [0, 0.1) is 11.8 Å². The molecule has 1 rings (SSSR count). The van der Waals surface area contributed by atoms with Crippen molar-refractivity contribution in [1.29, 1.82) is 0 Å². The van der Waals surface area contributed by atoms with Gasteiger partial charge in [-0.2, -0.15) is 0 Å². The summed E-state index contributed by atoms with van der Waals surface area (Å²) < 4.78 is 0. The Morgan fingerprint density at radius 3 is 2.21 bits per heavy atom. The van der Waals surface area contributed by atoms with Crippen LogP contribution in [0.3, 0.4) is 0 Å². The van der Waals surface area contributed by atoms with Crippen LogP contribution in [0.25, 0.3) is 0 Å². The van der Waals surface area contributed by atoms with E-state index in [0.29, 0.717) is 12.8 Å². The van der Waals surface area contributed by atoms with Gasteiger partial charge in [-0.25, -0.2) is 9.78 Å². The summed E-state index contributed by atoms with van der Waals surface area (Å²) >= 11 is 0. The van der Waals surface area contributed by atoms with Gasteiger partial charge in [0.2, 0.25) is 0 Å². The van der Waals surface area contributed by atoms with Gasteiger partial charge < -0.3 is 10.2 Å². The number of aliphatic hydroxyl groups excluding tert-OH is 1. The molecule has 4 heteroatoms. The molecule has 0 heterocycles. The van der Waals surface area contributed by atoms with E-state index in [1.165, 1.54) is 7.11 Å². The lowest BCUT2D eigenvalue weighted by molar-refractivity contribution is -0.304. The Balaban J connectivity index is 2.54. The summed E-state index contributed by atoms with van der Waals surface area (Å²) in [5.41, 5.74) is -0.853. The van der Waals surface area contributed by atoms with Gasteiger partial charge in [0.25, 0.3) is 0 Å². The first-order chi connectivity index (χ1) is 6.48. The zero-order valence-electron chi connectivity index (χ0n) is 9.06. The van der Waals surface area contributed by atoms with Gasteiger partial charge in [-0.15, -0.1) is 0 Å². The summed E-state index contributed by atoms with van der Waals surface area (Å²) in [6, 6.07) is 0. The Kier molecular flexibility index (Phi) is 3.89. The number of hydrogen-bond donors (Lipinski definition) is 2. The van der Waals surface area contributed by atoms with Crippen molar-refractivity contribution in [2.75, 3.05) is 13.7 Å². The third kappa shape index (κ3) is 2.67. The lowest BCUT2D eigenvalue weighted by atomic mass is 9.72. The second kappa shape index (κ2) is 4.57. The molecule has 2 N–H and O–H groups in total. The van der Waals surface area contributed by atoms with Gasteiger partial charge in [0.1, 0.15) is 6.61 Å². The molecule has 2 atom stereocenters. The minimum absolute atomic E-state index is 0.101. The monoisotopic (exact) mass is 204 g/mol. The molecule has 0 amide bonds. The second-order valence-electron chi connectivity index (χ2n) is 4.51. The number of rotatable bonds is 3. The topological polar surface area (TPSA) is 58.9 Å². The Labute approximate surface area is 84.8 Å². The van der Waals surface area contributed by atoms with Crippen molar-refractivity contribution in [3.05, 3.63) is 0 Å². The van der Waals surface area contributed by atoms with E-state index >= 15 is 0 Å². The van der Waals surface area contributed by atoms with Gasteiger partial charge in [-0.1, -0.05) is 13.8 Å². The molecule has 0 spiro atoms. The van der Waals surface area contributed by atoms with Crippen LogP contribution in [0.4, 0.5) is 0 Å². The molecule has 0 bridgehead atoms. The van der Waals surface area contributed by atoms with E-state index in [9.17, 15) is 10.2 Å². The lowest BCUT2D eigenvalue weighted by Crippen LogP contribution is -2.47. The van der Waals surface area contributed by atoms with Crippen molar-refractivity contribution in [3.8, 4) is 0 Å². The maximum atomic E-state index is 10.1. The molecular formula is C10H20O4. The van der Waals surface area contributed by atoms with E-state index in [2.05, 4.69) is 4.89 Å². The van der Waals surface area contributed by atoms with Gasteiger partial charge in [-0.05, 0) is 24.7 Å². The predicted molar refractivity (Wildman–Crippen MR) is 51.5 cm³/mol. The molecule has 0 aromatic carbocycles. The molecule has 0 aliphatic heterocycles. The smallest absolute Gasteiger partial charge is 0.111 e. The average molecular weight is 204 g/mol. The molecular weight excluding hydrogens is 184 g/mol. The molecule has 0 radical (unpaired) electrons. The van der Waals surface area contributed by atoms with Crippen LogP contribution in [0.2, 0.25) is 0 Å². The third-order valence-electron chi connectivity index (χ3n) is 3.02. The van der Waals surface area contributed by atoms with Crippen LogP contribution in [0.15, 0.2) is 0 Å². The average Bonchev–Trinajstić information content (AvgIpc) is 2.11. The fourth-order valence-corrected chi connectivity index (χ4v) is 2.37. The highest BCUT2D eigenvalue weighted by Crippen LogP contribution is 2.36.